The number of nitrogens with zero attached hydrogens (tertiary/aromatic N) is 1. The number of nitrogens with one attached hydrogen (secondary N) is 1. The van der Waals surface area contributed by atoms with Crippen LogP contribution in [0, 0.1) is 0 Å². The highest BCUT2D eigenvalue weighted by Gasteiger charge is 2.16. The number of ether oxygens (including phenoxy) is 1. The van der Waals surface area contributed by atoms with E-state index in [-0.39, 0.29) is 5.78 Å². The van der Waals surface area contributed by atoms with E-state index in [1.165, 1.54) is 6.92 Å². The van der Waals surface area contributed by atoms with Crippen LogP contribution in [0.25, 0.3) is 0 Å². The maximum absolute atomic E-state index is 11.5. The van der Waals surface area contributed by atoms with E-state index in [2.05, 4.69) is 21.2 Å². The van der Waals surface area contributed by atoms with Crippen LogP contribution in [-0.4, -0.2) is 28.6 Å². The number of alkyl carbamates (subject to hydrolysis) is 1. The van der Waals surface area contributed by atoms with E-state index in [1.807, 2.05) is 26.8 Å². The van der Waals surface area contributed by atoms with Gasteiger partial charge >= 0.3 is 6.09 Å². The molecule has 0 aliphatic heterocycles. The largest absolute Gasteiger partial charge is 0.444 e. The lowest BCUT2D eigenvalue weighted by Crippen LogP contribution is -2.34. The Morgan fingerprint density at radius 3 is 2.53 bits per heavy atom. The summed E-state index contributed by atoms with van der Waals surface area (Å²) in [6, 6.07) is 3.56. The minimum absolute atomic E-state index is 0.0111. The highest BCUT2D eigenvalue weighted by Crippen LogP contribution is 2.15. The summed E-state index contributed by atoms with van der Waals surface area (Å²) in [5.74, 6) is -0.0111. The highest BCUT2D eigenvalue weighted by atomic mass is 79.9. The molecule has 5 nitrogen and oxygen atoms in total. The van der Waals surface area contributed by atoms with Gasteiger partial charge in [-0.05, 0) is 48.8 Å². The van der Waals surface area contributed by atoms with Crippen molar-refractivity contribution in [3.8, 4) is 0 Å². The van der Waals surface area contributed by atoms with Crippen LogP contribution in [0.3, 0.4) is 0 Å². The van der Waals surface area contributed by atoms with Crippen LogP contribution in [0.4, 0.5) is 4.79 Å². The van der Waals surface area contributed by atoms with Crippen LogP contribution in [0.15, 0.2) is 16.7 Å². The van der Waals surface area contributed by atoms with Crippen molar-refractivity contribution in [2.24, 2.45) is 0 Å². The zero-order valence-electron chi connectivity index (χ0n) is 11.6. The van der Waals surface area contributed by atoms with Crippen molar-refractivity contribution in [3.05, 3.63) is 22.4 Å². The molecule has 0 spiro atoms. The van der Waals surface area contributed by atoms with Crippen LogP contribution in [-0.2, 0) is 11.3 Å². The molecule has 1 N–H and O–H groups in total. The van der Waals surface area contributed by atoms with Gasteiger partial charge in [0, 0.05) is 20.0 Å². The van der Waals surface area contributed by atoms with Gasteiger partial charge < -0.3 is 14.6 Å². The smallest absolute Gasteiger partial charge is 0.407 e. The summed E-state index contributed by atoms with van der Waals surface area (Å²) in [5.41, 5.74) is 0.0979. The van der Waals surface area contributed by atoms with Crippen LogP contribution < -0.4 is 5.32 Å². The number of carbonyl (C=O) groups is 2. The van der Waals surface area contributed by atoms with E-state index in [4.69, 9.17) is 4.74 Å². The molecule has 1 aromatic heterocycles. The maximum atomic E-state index is 11.5. The lowest BCUT2D eigenvalue weighted by molar-refractivity contribution is 0.0526. The van der Waals surface area contributed by atoms with Gasteiger partial charge in [0.2, 0.25) is 0 Å². The van der Waals surface area contributed by atoms with Gasteiger partial charge in [-0.1, -0.05) is 0 Å². The Morgan fingerprint density at radius 2 is 2.00 bits per heavy atom. The number of carbonyl (C=O) groups excluding carboxylic acids is 2. The molecule has 0 bridgehead atoms. The number of hydrogen-bond acceptors (Lipinski definition) is 3. The molecule has 1 aromatic rings. The van der Waals surface area contributed by atoms with Crippen molar-refractivity contribution >= 4 is 27.8 Å². The van der Waals surface area contributed by atoms with E-state index < -0.39 is 11.7 Å². The van der Waals surface area contributed by atoms with Gasteiger partial charge in [-0.2, -0.15) is 0 Å². The molecule has 6 heteroatoms. The third-order valence-electron chi connectivity index (χ3n) is 2.29. The Labute approximate surface area is 121 Å². The molecule has 0 saturated heterocycles. The van der Waals surface area contributed by atoms with E-state index in [0.717, 1.165) is 4.60 Å². The van der Waals surface area contributed by atoms with Gasteiger partial charge in [-0.3, -0.25) is 4.79 Å². The predicted molar refractivity (Wildman–Crippen MR) is 76.4 cm³/mol. The number of rotatable bonds is 4. The minimum atomic E-state index is -0.511. The van der Waals surface area contributed by atoms with Crippen molar-refractivity contribution in [1.29, 1.82) is 0 Å². The second-order valence-electron chi connectivity index (χ2n) is 5.18. The predicted octanol–water partition coefficient (Wildman–Crippen LogP) is 2.98. The summed E-state index contributed by atoms with van der Waals surface area (Å²) in [7, 11) is 0. The second kappa shape index (κ2) is 6.23. The van der Waals surface area contributed by atoms with Crippen molar-refractivity contribution in [3.63, 3.8) is 0 Å². The molecule has 1 amide bonds. The van der Waals surface area contributed by atoms with E-state index in [0.29, 0.717) is 18.8 Å². The van der Waals surface area contributed by atoms with Crippen LogP contribution in [0.2, 0.25) is 0 Å². The number of Topliss-reactive ketones (excluding diaryl/α,β-unsaturated/α-hetero) is 1. The average molecular weight is 331 g/mol. The topological polar surface area (TPSA) is 60.3 Å². The minimum Gasteiger partial charge on any atom is -0.444 e. The maximum Gasteiger partial charge on any atom is 0.407 e. The third-order valence-corrected chi connectivity index (χ3v) is 2.98. The molecule has 0 aliphatic rings. The quantitative estimate of drug-likeness (QED) is 0.863. The Kier molecular flexibility index (Phi) is 5.17. The Bertz CT molecular complexity index is 475. The highest BCUT2D eigenvalue weighted by molar-refractivity contribution is 9.10. The number of hydrogen-bond donors (Lipinski definition) is 1. The van der Waals surface area contributed by atoms with Gasteiger partial charge in [-0.25, -0.2) is 4.79 Å². The Morgan fingerprint density at radius 1 is 1.37 bits per heavy atom. The summed E-state index contributed by atoms with van der Waals surface area (Å²) in [5, 5.41) is 2.66. The SMILES string of the molecule is CC(=O)c1ccc(Br)n1CCNC(=O)OC(C)(C)C. The normalized spacial score (nSPS) is 11.2. The molecule has 0 atom stereocenters. The Balaban J connectivity index is 2.52. The van der Waals surface area contributed by atoms with E-state index in [1.54, 1.807) is 10.6 Å². The third kappa shape index (κ3) is 5.06. The molecule has 0 aliphatic carbocycles. The molecule has 0 fully saturated rings. The van der Waals surface area contributed by atoms with Gasteiger partial charge in [0.25, 0.3) is 0 Å². The standard InChI is InChI=1S/C13H19BrN2O3/c1-9(17)10-5-6-11(14)16(10)8-7-15-12(18)19-13(2,3)4/h5-6H,7-8H2,1-4H3,(H,15,18). The summed E-state index contributed by atoms with van der Waals surface area (Å²) < 4.78 is 7.74. The lowest BCUT2D eigenvalue weighted by atomic mass is 10.2. The lowest BCUT2D eigenvalue weighted by Gasteiger charge is -2.20. The fourth-order valence-electron chi connectivity index (χ4n) is 1.56. The molecule has 0 unspecified atom stereocenters. The van der Waals surface area contributed by atoms with Crippen molar-refractivity contribution in [1.82, 2.24) is 9.88 Å². The zero-order chi connectivity index (χ0) is 14.6. The van der Waals surface area contributed by atoms with Crippen molar-refractivity contribution < 1.29 is 14.3 Å². The van der Waals surface area contributed by atoms with E-state index >= 15 is 0 Å². The number of amides is 1. The monoisotopic (exact) mass is 330 g/mol. The number of aromatic nitrogens is 1. The second-order valence-corrected chi connectivity index (χ2v) is 5.99. The fourth-order valence-corrected chi connectivity index (χ4v) is 2.06. The molecule has 1 heterocycles. The zero-order valence-corrected chi connectivity index (χ0v) is 13.2. The van der Waals surface area contributed by atoms with Crippen LogP contribution in [0.1, 0.15) is 38.2 Å². The molecule has 0 saturated carbocycles. The van der Waals surface area contributed by atoms with Gasteiger partial charge in [0.15, 0.2) is 5.78 Å². The fraction of sp³-hybridized carbons (Fsp3) is 0.538. The van der Waals surface area contributed by atoms with Crippen molar-refractivity contribution in [2.75, 3.05) is 6.54 Å². The number of halogens is 1. The van der Waals surface area contributed by atoms with Crippen LogP contribution in [0.5, 0.6) is 0 Å². The average Bonchev–Trinajstić information content (AvgIpc) is 2.58. The molecule has 0 aromatic carbocycles. The molecular formula is C13H19BrN2O3. The molecule has 19 heavy (non-hydrogen) atoms. The van der Waals surface area contributed by atoms with Crippen molar-refractivity contribution in [2.45, 2.75) is 39.8 Å². The van der Waals surface area contributed by atoms with Gasteiger partial charge in [-0.15, -0.1) is 0 Å². The first-order valence-corrected chi connectivity index (χ1v) is 6.83. The van der Waals surface area contributed by atoms with Gasteiger partial charge in [0.1, 0.15) is 5.60 Å². The summed E-state index contributed by atoms with van der Waals surface area (Å²) in [4.78, 5) is 22.9. The first kappa shape index (κ1) is 15.8. The molecular weight excluding hydrogens is 312 g/mol. The summed E-state index contributed by atoms with van der Waals surface area (Å²) in [6.45, 7) is 7.83. The molecule has 0 radical (unpaired) electrons. The first-order valence-electron chi connectivity index (χ1n) is 6.03. The number of ketones is 1. The molecule has 1 rings (SSSR count). The van der Waals surface area contributed by atoms with E-state index in [9.17, 15) is 9.59 Å². The first-order chi connectivity index (χ1) is 8.70. The molecule has 106 valence electrons. The van der Waals surface area contributed by atoms with Crippen LogP contribution >= 0.6 is 15.9 Å². The van der Waals surface area contributed by atoms with Gasteiger partial charge in [0.05, 0.1) is 10.3 Å². The Hall–Kier alpha value is -1.30. The summed E-state index contributed by atoms with van der Waals surface area (Å²) in [6.07, 6.45) is -0.458. The summed E-state index contributed by atoms with van der Waals surface area (Å²) >= 11 is 3.37.